The maximum atomic E-state index is 6.53. The van der Waals surface area contributed by atoms with Gasteiger partial charge in [0.15, 0.2) is 0 Å². The zero-order chi connectivity index (χ0) is 13.9. The van der Waals surface area contributed by atoms with Crippen LogP contribution in [0.4, 0.5) is 0 Å². The van der Waals surface area contributed by atoms with Gasteiger partial charge in [-0.3, -0.25) is 0 Å². The normalized spacial score (nSPS) is 31.6. The molecular formula is C18H26BrN. The van der Waals surface area contributed by atoms with E-state index in [1.165, 1.54) is 50.5 Å². The van der Waals surface area contributed by atoms with Crippen molar-refractivity contribution >= 4 is 15.9 Å². The first-order valence-electron chi connectivity index (χ1n) is 8.22. The number of hydrogen-bond acceptors (Lipinski definition) is 1. The number of nitrogens with two attached hydrogens (primary N) is 1. The number of hydrogen-bond donors (Lipinski definition) is 1. The van der Waals surface area contributed by atoms with Crippen molar-refractivity contribution in [3.8, 4) is 0 Å². The zero-order valence-electron chi connectivity index (χ0n) is 12.2. The van der Waals surface area contributed by atoms with E-state index in [9.17, 15) is 0 Å². The van der Waals surface area contributed by atoms with Gasteiger partial charge in [0.25, 0.3) is 0 Å². The molecule has 0 radical (unpaired) electrons. The Kier molecular flexibility index (Phi) is 4.83. The minimum absolute atomic E-state index is 0.346. The number of benzene rings is 1. The smallest absolute Gasteiger partial charge is 0.0175 e. The third-order valence-corrected chi connectivity index (χ3v) is 6.10. The summed E-state index contributed by atoms with van der Waals surface area (Å²) >= 11 is 3.50. The summed E-state index contributed by atoms with van der Waals surface area (Å²) in [6.07, 6.45) is 11.1. The van der Waals surface area contributed by atoms with Crippen LogP contribution in [0.2, 0.25) is 0 Å². The maximum Gasteiger partial charge on any atom is 0.0175 e. The average molecular weight is 336 g/mol. The lowest BCUT2D eigenvalue weighted by Gasteiger charge is -2.41. The minimum atomic E-state index is 0.346. The second kappa shape index (κ2) is 6.62. The molecule has 0 spiro atoms. The summed E-state index contributed by atoms with van der Waals surface area (Å²) in [6, 6.07) is 9.01. The quantitative estimate of drug-likeness (QED) is 0.832. The molecular weight excluding hydrogens is 310 g/mol. The van der Waals surface area contributed by atoms with Crippen molar-refractivity contribution in [2.24, 2.45) is 23.5 Å². The van der Waals surface area contributed by atoms with Gasteiger partial charge in [-0.25, -0.2) is 0 Å². The predicted molar refractivity (Wildman–Crippen MR) is 88.6 cm³/mol. The molecule has 0 bridgehead atoms. The molecule has 110 valence electrons. The Morgan fingerprint density at radius 3 is 2.45 bits per heavy atom. The van der Waals surface area contributed by atoms with E-state index in [0.717, 1.165) is 28.6 Å². The van der Waals surface area contributed by atoms with E-state index in [1.54, 1.807) is 0 Å². The molecule has 1 aromatic carbocycles. The van der Waals surface area contributed by atoms with Crippen molar-refractivity contribution in [3.63, 3.8) is 0 Å². The molecule has 2 heteroatoms. The van der Waals surface area contributed by atoms with Crippen LogP contribution in [-0.2, 0) is 6.42 Å². The highest BCUT2D eigenvalue weighted by atomic mass is 79.9. The van der Waals surface area contributed by atoms with Crippen LogP contribution in [0.3, 0.4) is 0 Å². The first-order valence-corrected chi connectivity index (χ1v) is 9.01. The Balaban J connectivity index is 1.57. The van der Waals surface area contributed by atoms with Crippen LogP contribution in [-0.4, -0.2) is 6.04 Å². The molecule has 2 saturated carbocycles. The molecule has 2 aliphatic rings. The van der Waals surface area contributed by atoms with Crippen molar-refractivity contribution < 1.29 is 0 Å². The molecule has 0 aromatic heterocycles. The molecule has 2 fully saturated rings. The molecule has 1 nitrogen and oxygen atoms in total. The Labute approximate surface area is 131 Å². The largest absolute Gasteiger partial charge is 0.327 e. The van der Waals surface area contributed by atoms with Crippen molar-refractivity contribution in [2.75, 3.05) is 0 Å². The second-order valence-electron chi connectivity index (χ2n) is 6.87. The van der Waals surface area contributed by atoms with Gasteiger partial charge < -0.3 is 5.73 Å². The van der Waals surface area contributed by atoms with Gasteiger partial charge in [0, 0.05) is 10.5 Å². The molecule has 1 aromatic rings. The van der Waals surface area contributed by atoms with Crippen LogP contribution >= 0.6 is 15.9 Å². The molecule has 0 amide bonds. The molecule has 20 heavy (non-hydrogen) atoms. The SMILES string of the molecule is NC(Cc1ccc(Br)cc1)C1CCC2CCCCC2C1. The topological polar surface area (TPSA) is 26.0 Å². The van der Waals surface area contributed by atoms with E-state index in [2.05, 4.69) is 40.2 Å². The lowest BCUT2D eigenvalue weighted by atomic mass is 9.66. The molecule has 0 saturated heterocycles. The van der Waals surface area contributed by atoms with E-state index in [4.69, 9.17) is 5.73 Å². The van der Waals surface area contributed by atoms with E-state index in [1.807, 2.05) is 0 Å². The molecule has 0 aliphatic heterocycles. The van der Waals surface area contributed by atoms with Crippen LogP contribution < -0.4 is 5.73 Å². The Hall–Kier alpha value is -0.340. The summed E-state index contributed by atoms with van der Waals surface area (Å²) in [4.78, 5) is 0. The van der Waals surface area contributed by atoms with E-state index >= 15 is 0 Å². The Bertz CT molecular complexity index is 428. The molecule has 0 heterocycles. The number of halogens is 1. The van der Waals surface area contributed by atoms with E-state index in [0.29, 0.717) is 6.04 Å². The summed E-state index contributed by atoms with van der Waals surface area (Å²) in [5.74, 6) is 2.76. The van der Waals surface area contributed by atoms with Crippen LogP contribution in [0.5, 0.6) is 0 Å². The highest BCUT2D eigenvalue weighted by Crippen LogP contribution is 2.43. The second-order valence-corrected chi connectivity index (χ2v) is 7.79. The first-order chi connectivity index (χ1) is 9.72. The fourth-order valence-electron chi connectivity index (χ4n) is 4.36. The van der Waals surface area contributed by atoms with Gasteiger partial charge in [0.2, 0.25) is 0 Å². The van der Waals surface area contributed by atoms with Crippen molar-refractivity contribution in [3.05, 3.63) is 34.3 Å². The van der Waals surface area contributed by atoms with Crippen LogP contribution in [0.25, 0.3) is 0 Å². The monoisotopic (exact) mass is 335 g/mol. The number of rotatable bonds is 3. The van der Waals surface area contributed by atoms with Gasteiger partial charge in [-0.15, -0.1) is 0 Å². The van der Waals surface area contributed by atoms with Crippen LogP contribution in [0.1, 0.15) is 50.5 Å². The number of fused-ring (bicyclic) bond motifs is 1. The fraction of sp³-hybridized carbons (Fsp3) is 0.667. The maximum absolute atomic E-state index is 6.53. The summed E-state index contributed by atoms with van der Waals surface area (Å²) in [5, 5.41) is 0. The van der Waals surface area contributed by atoms with Crippen LogP contribution in [0, 0.1) is 17.8 Å². The highest BCUT2D eigenvalue weighted by molar-refractivity contribution is 9.10. The van der Waals surface area contributed by atoms with E-state index < -0.39 is 0 Å². The van der Waals surface area contributed by atoms with Crippen LogP contribution in [0.15, 0.2) is 28.7 Å². The summed E-state index contributed by atoms with van der Waals surface area (Å²) in [6.45, 7) is 0. The predicted octanol–water partition coefficient (Wildman–Crippen LogP) is 4.93. The van der Waals surface area contributed by atoms with Gasteiger partial charge in [-0.05, 0) is 61.1 Å². The van der Waals surface area contributed by atoms with Gasteiger partial charge in [-0.1, -0.05) is 53.7 Å². The Morgan fingerprint density at radius 1 is 1.00 bits per heavy atom. The average Bonchev–Trinajstić information content (AvgIpc) is 2.49. The summed E-state index contributed by atoms with van der Waals surface area (Å²) < 4.78 is 1.15. The van der Waals surface area contributed by atoms with Gasteiger partial charge in [0.1, 0.15) is 0 Å². The van der Waals surface area contributed by atoms with Crippen molar-refractivity contribution in [1.29, 1.82) is 0 Å². The van der Waals surface area contributed by atoms with Crippen molar-refractivity contribution in [2.45, 2.75) is 57.4 Å². The van der Waals surface area contributed by atoms with Gasteiger partial charge >= 0.3 is 0 Å². The lowest BCUT2D eigenvalue weighted by Crippen LogP contribution is -2.38. The highest BCUT2D eigenvalue weighted by Gasteiger charge is 2.34. The summed E-state index contributed by atoms with van der Waals surface area (Å²) in [7, 11) is 0. The molecule has 4 atom stereocenters. The van der Waals surface area contributed by atoms with Gasteiger partial charge in [-0.2, -0.15) is 0 Å². The summed E-state index contributed by atoms with van der Waals surface area (Å²) in [5.41, 5.74) is 7.91. The molecule has 3 rings (SSSR count). The minimum Gasteiger partial charge on any atom is -0.327 e. The third kappa shape index (κ3) is 3.46. The standard InChI is InChI=1S/C18H26BrN/c19-17-9-5-13(6-10-17)11-18(20)16-8-7-14-3-1-2-4-15(14)12-16/h5-6,9-10,14-16,18H,1-4,7-8,11-12,20H2. The molecule has 4 unspecified atom stereocenters. The Morgan fingerprint density at radius 2 is 1.70 bits per heavy atom. The fourth-order valence-corrected chi connectivity index (χ4v) is 4.62. The zero-order valence-corrected chi connectivity index (χ0v) is 13.8. The van der Waals surface area contributed by atoms with Crippen molar-refractivity contribution in [1.82, 2.24) is 0 Å². The first kappa shape index (κ1) is 14.6. The lowest BCUT2D eigenvalue weighted by molar-refractivity contribution is 0.117. The third-order valence-electron chi connectivity index (χ3n) is 5.57. The molecule has 2 N–H and O–H groups in total. The van der Waals surface area contributed by atoms with Gasteiger partial charge in [0.05, 0.1) is 0 Å². The van der Waals surface area contributed by atoms with E-state index in [-0.39, 0.29) is 0 Å². The molecule has 2 aliphatic carbocycles.